The van der Waals surface area contributed by atoms with E-state index in [2.05, 4.69) is 0 Å². The Kier molecular flexibility index (Phi) is 4.04. The molecule has 1 atom stereocenters. The lowest BCUT2D eigenvalue weighted by atomic mass is 10.2. The Hall–Kier alpha value is -0.940. The van der Waals surface area contributed by atoms with Crippen LogP contribution in [-0.4, -0.2) is 20.7 Å². The van der Waals surface area contributed by atoms with Gasteiger partial charge in [0, 0.05) is 0 Å². The highest BCUT2D eigenvalue weighted by Gasteiger charge is 2.18. The SMILES string of the molecule is Cc1cc(S(=O)(=O)CC(C)CN)ccc1F. The van der Waals surface area contributed by atoms with E-state index in [-0.39, 0.29) is 16.6 Å². The van der Waals surface area contributed by atoms with Gasteiger partial charge >= 0.3 is 0 Å². The minimum atomic E-state index is -3.36. The van der Waals surface area contributed by atoms with Crippen LogP contribution in [0.15, 0.2) is 23.1 Å². The van der Waals surface area contributed by atoms with E-state index in [1.54, 1.807) is 13.8 Å². The summed E-state index contributed by atoms with van der Waals surface area (Å²) >= 11 is 0. The summed E-state index contributed by atoms with van der Waals surface area (Å²) in [6, 6.07) is 3.82. The highest BCUT2D eigenvalue weighted by molar-refractivity contribution is 7.91. The first-order valence-corrected chi connectivity index (χ1v) is 6.71. The summed E-state index contributed by atoms with van der Waals surface area (Å²) in [4.78, 5) is 0.159. The smallest absolute Gasteiger partial charge is 0.178 e. The highest BCUT2D eigenvalue weighted by Crippen LogP contribution is 2.17. The maximum atomic E-state index is 13.0. The molecule has 1 aromatic rings. The second-order valence-electron chi connectivity index (χ2n) is 4.03. The van der Waals surface area contributed by atoms with Crippen LogP contribution in [0.1, 0.15) is 12.5 Å². The molecule has 0 aromatic heterocycles. The van der Waals surface area contributed by atoms with Crippen molar-refractivity contribution >= 4 is 9.84 Å². The molecule has 16 heavy (non-hydrogen) atoms. The molecule has 1 unspecified atom stereocenters. The Morgan fingerprint density at radius 1 is 1.44 bits per heavy atom. The normalized spacial score (nSPS) is 13.8. The molecule has 90 valence electrons. The monoisotopic (exact) mass is 245 g/mol. The molecule has 0 aliphatic rings. The Bertz CT molecular complexity index is 471. The number of sulfone groups is 1. The van der Waals surface area contributed by atoms with Gasteiger partial charge in [-0.2, -0.15) is 0 Å². The van der Waals surface area contributed by atoms with Crippen LogP contribution in [-0.2, 0) is 9.84 Å². The fourth-order valence-corrected chi connectivity index (χ4v) is 3.06. The lowest BCUT2D eigenvalue weighted by Crippen LogP contribution is -2.21. The fraction of sp³-hybridized carbons (Fsp3) is 0.455. The van der Waals surface area contributed by atoms with Crippen LogP contribution >= 0.6 is 0 Å². The molecule has 0 heterocycles. The molecule has 0 radical (unpaired) electrons. The predicted octanol–water partition coefficient (Wildman–Crippen LogP) is 1.50. The predicted molar refractivity (Wildman–Crippen MR) is 61.4 cm³/mol. The summed E-state index contributed by atoms with van der Waals surface area (Å²) in [7, 11) is -3.36. The molecular formula is C11H16FNO2S. The zero-order valence-electron chi connectivity index (χ0n) is 9.40. The van der Waals surface area contributed by atoms with E-state index in [0.717, 1.165) is 0 Å². The van der Waals surface area contributed by atoms with Gasteiger partial charge in [0.2, 0.25) is 0 Å². The van der Waals surface area contributed by atoms with Gasteiger partial charge in [-0.05, 0) is 43.1 Å². The number of halogens is 1. The number of rotatable bonds is 4. The van der Waals surface area contributed by atoms with Gasteiger partial charge in [-0.1, -0.05) is 6.92 Å². The number of aryl methyl sites for hydroxylation is 1. The lowest BCUT2D eigenvalue weighted by molar-refractivity contribution is 0.572. The van der Waals surface area contributed by atoms with Gasteiger partial charge in [-0.15, -0.1) is 0 Å². The first kappa shape index (κ1) is 13.1. The minimum Gasteiger partial charge on any atom is -0.330 e. The van der Waals surface area contributed by atoms with Crippen LogP contribution in [0.25, 0.3) is 0 Å². The molecule has 0 saturated heterocycles. The Balaban J connectivity index is 3.03. The van der Waals surface area contributed by atoms with Gasteiger partial charge in [0.25, 0.3) is 0 Å². The molecule has 1 aromatic carbocycles. The third kappa shape index (κ3) is 3.02. The largest absolute Gasteiger partial charge is 0.330 e. The van der Waals surface area contributed by atoms with Crippen molar-refractivity contribution in [2.45, 2.75) is 18.7 Å². The summed E-state index contributed by atoms with van der Waals surface area (Å²) in [5, 5.41) is 0. The number of benzene rings is 1. The molecule has 0 saturated carbocycles. The van der Waals surface area contributed by atoms with E-state index in [1.807, 2.05) is 0 Å². The van der Waals surface area contributed by atoms with Crippen LogP contribution in [0.3, 0.4) is 0 Å². The molecule has 5 heteroatoms. The molecule has 0 fully saturated rings. The number of nitrogens with two attached hydrogens (primary N) is 1. The van der Waals surface area contributed by atoms with Crippen molar-refractivity contribution in [2.75, 3.05) is 12.3 Å². The Morgan fingerprint density at radius 2 is 2.06 bits per heavy atom. The van der Waals surface area contributed by atoms with Gasteiger partial charge in [0.05, 0.1) is 10.6 Å². The third-order valence-electron chi connectivity index (χ3n) is 2.39. The minimum absolute atomic E-state index is 0.00538. The van der Waals surface area contributed by atoms with Crippen molar-refractivity contribution in [2.24, 2.45) is 11.7 Å². The summed E-state index contributed by atoms with van der Waals surface area (Å²) in [6.45, 7) is 3.63. The summed E-state index contributed by atoms with van der Waals surface area (Å²) < 4.78 is 36.8. The quantitative estimate of drug-likeness (QED) is 0.818. The van der Waals surface area contributed by atoms with Crippen molar-refractivity contribution in [1.29, 1.82) is 0 Å². The molecule has 3 nitrogen and oxygen atoms in total. The van der Waals surface area contributed by atoms with Gasteiger partial charge in [-0.25, -0.2) is 12.8 Å². The van der Waals surface area contributed by atoms with Gasteiger partial charge in [0.15, 0.2) is 9.84 Å². The number of hydrogen-bond donors (Lipinski definition) is 1. The van der Waals surface area contributed by atoms with E-state index in [0.29, 0.717) is 12.1 Å². The number of hydrogen-bond acceptors (Lipinski definition) is 3. The molecule has 0 aliphatic heterocycles. The maximum absolute atomic E-state index is 13.0. The van der Waals surface area contributed by atoms with Crippen molar-refractivity contribution in [1.82, 2.24) is 0 Å². The van der Waals surface area contributed by atoms with Crippen molar-refractivity contribution < 1.29 is 12.8 Å². The summed E-state index contributed by atoms with van der Waals surface area (Å²) in [6.07, 6.45) is 0. The molecule has 0 aliphatic carbocycles. The standard InChI is InChI=1S/C11H16FNO2S/c1-8(6-13)7-16(14,15)10-3-4-11(12)9(2)5-10/h3-5,8H,6-7,13H2,1-2H3. The fourth-order valence-electron chi connectivity index (χ4n) is 1.35. The Labute approximate surface area is 95.4 Å². The second kappa shape index (κ2) is 4.93. The summed E-state index contributed by atoms with van der Waals surface area (Å²) in [5.41, 5.74) is 5.72. The Morgan fingerprint density at radius 3 is 2.56 bits per heavy atom. The van der Waals surface area contributed by atoms with Crippen molar-refractivity contribution in [3.8, 4) is 0 Å². The van der Waals surface area contributed by atoms with Crippen LogP contribution in [0.5, 0.6) is 0 Å². The lowest BCUT2D eigenvalue weighted by Gasteiger charge is -2.10. The summed E-state index contributed by atoms with van der Waals surface area (Å²) in [5.74, 6) is -0.504. The van der Waals surface area contributed by atoms with Gasteiger partial charge in [0.1, 0.15) is 5.82 Å². The third-order valence-corrected chi connectivity index (χ3v) is 4.37. The second-order valence-corrected chi connectivity index (χ2v) is 6.07. The van der Waals surface area contributed by atoms with Crippen LogP contribution in [0.2, 0.25) is 0 Å². The van der Waals surface area contributed by atoms with E-state index in [4.69, 9.17) is 5.73 Å². The molecule has 0 amide bonds. The van der Waals surface area contributed by atoms with Crippen LogP contribution in [0.4, 0.5) is 4.39 Å². The van der Waals surface area contributed by atoms with E-state index < -0.39 is 15.7 Å². The van der Waals surface area contributed by atoms with E-state index in [1.165, 1.54) is 18.2 Å². The van der Waals surface area contributed by atoms with E-state index in [9.17, 15) is 12.8 Å². The van der Waals surface area contributed by atoms with E-state index >= 15 is 0 Å². The van der Waals surface area contributed by atoms with Gasteiger partial charge < -0.3 is 5.73 Å². The van der Waals surface area contributed by atoms with Crippen molar-refractivity contribution in [3.63, 3.8) is 0 Å². The topological polar surface area (TPSA) is 60.2 Å². The zero-order valence-corrected chi connectivity index (χ0v) is 10.2. The molecule has 1 rings (SSSR count). The molecular weight excluding hydrogens is 229 g/mol. The van der Waals surface area contributed by atoms with Crippen LogP contribution in [0, 0.1) is 18.7 Å². The molecule has 2 N–H and O–H groups in total. The highest BCUT2D eigenvalue weighted by atomic mass is 32.2. The average Bonchev–Trinajstić information content (AvgIpc) is 2.21. The van der Waals surface area contributed by atoms with Gasteiger partial charge in [-0.3, -0.25) is 0 Å². The zero-order chi connectivity index (χ0) is 12.3. The molecule has 0 spiro atoms. The maximum Gasteiger partial charge on any atom is 0.178 e. The first-order chi connectivity index (χ1) is 7.36. The average molecular weight is 245 g/mol. The first-order valence-electron chi connectivity index (χ1n) is 5.06. The van der Waals surface area contributed by atoms with Crippen LogP contribution < -0.4 is 5.73 Å². The van der Waals surface area contributed by atoms with Crippen molar-refractivity contribution in [3.05, 3.63) is 29.6 Å². The molecule has 0 bridgehead atoms.